The van der Waals surface area contributed by atoms with Crippen LogP contribution in [-0.2, 0) is 24.2 Å². The van der Waals surface area contributed by atoms with Crippen LogP contribution >= 0.6 is 34.4 Å². The van der Waals surface area contributed by atoms with Crippen LogP contribution in [0.1, 0.15) is 40.3 Å². The maximum atomic E-state index is 12.8. The van der Waals surface area contributed by atoms with Gasteiger partial charge in [0.25, 0.3) is 5.91 Å². The molecule has 2 amide bonds. The van der Waals surface area contributed by atoms with Crippen LogP contribution in [0.5, 0.6) is 0 Å². The predicted molar refractivity (Wildman–Crippen MR) is 125 cm³/mol. The molecule has 1 aromatic carbocycles. The molecule has 8 heteroatoms. The predicted octanol–water partition coefficient (Wildman–Crippen LogP) is 5.08. The normalized spacial score (nSPS) is 13.4. The highest BCUT2D eigenvalue weighted by Gasteiger charge is 2.24. The summed E-state index contributed by atoms with van der Waals surface area (Å²) in [5.74, 6) is -0.0171. The minimum absolute atomic E-state index is 0.127. The Morgan fingerprint density at radius 3 is 2.73 bits per heavy atom. The molecule has 30 heavy (non-hydrogen) atoms. The molecule has 5 nitrogen and oxygen atoms in total. The zero-order valence-electron chi connectivity index (χ0n) is 16.9. The van der Waals surface area contributed by atoms with Crippen LogP contribution in [0.2, 0.25) is 0 Å². The van der Waals surface area contributed by atoms with E-state index in [1.165, 1.54) is 27.6 Å². The lowest BCUT2D eigenvalue weighted by molar-refractivity contribution is -0.131. The van der Waals surface area contributed by atoms with E-state index in [1.54, 1.807) is 6.07 Å². The first-order valence-electron chi connectivity index (χ1n) is 9.83. The molecule has 0 bridgehead atoms. The van der Waals surface area contributed by atoms with Crippen LogP contribution < -0.4 is 5.32 Å². The molecule has 4 rings (SSSR count). The molecule has 0 fully saturated rings. The van der Waals surface area contributed by atoms with Gasteiger partial charge in [-0.3, -0.25) is 14.9 Å². The van der Waals surface area contributed by atoms with Crippen molar-refractivity contribution >= 4 is 51.4 Å². The number of hydrogen-bond acceptors (Lipinski definition) is 6. The van der Waals surface area contributed by atoms with Gasteiger partial charge in [-0.25, -0.2) is 4.98 Å². The number of nitrogens with one attached hydrogen (secondary N) is 1. The van der Waals surface area contributed by atoms with Gasteiger partial charge in [0.1, 0.15) is 0 Å². The fourth-order valence-corrected chi connectivity index (χ4v) is 5.76. The Kier molecular flexibility index (Phi) is 6.55. The number of amides is 2. The smallest absolute Gasteiger partial charge is 0.258 e. The molecular weight excluding hydrogens is 434 g/mol. The number of anilines is 1. The summed E-state index contributed by atoms with van der Waals surface area (Å²) in [6, 6.07) is 10.1. The Labute approximate surface area is 188 Å². The number of carbonyl (C=O) groups excluding carboxylic acids is 2. The van der Waals surface area contributed by atoms with Gasteiger partial charge in [-0.1, -0.05) is 37.3 Å². The average Bonchev–Trinajstić information content (AvgIpc) is 3.37. The molecule has 0 unspecified atom stereocenters. The molecule has 0 spiro atoms. The van der Waals surface area contributed by atoms with Crippen molar-refractivity contribution in [3.63, 3.8) is 0 Å². The summed E-state index contributed by atoms with van der Waals surface area (Å²) in [5.41, 5.74) is 2.66. The van der Waals surface area contributed by atoms with Crippen LogP contribution in [0.25, 0.3) is 0 Å². The topological polar surface area (TPSA) is 62.3 Å². The quantitative estimate of drug-likeness (QED) is 0.524. The Morgan fingerprint density at radius 1 is 1.23 bits per heavy atom. The molecule has 1 aliphatic heterocycles. The monoisotopic (exact) mass is 457 g/mol. The molecule has 3 aromatic rings. The van der Waals surface area contributed by atoms with Gasteiger partial charge in [0.05, 0.1) is 24.2 Å². The van der Waals surface area contributed by atoms with Crippen LogP contribution in [0.3, 0.4) is 0 Å². The summed E-state index contributed by atoms with van der Waals surface area (Å²) < 4.78 is 0. The highest BCUT2D eigenvalue weighted by Crippen LogP contribution is 2.29. The molecule has 3 heterocycles. The minimum Gasteiger partial charge on any atom is -0.337 e. The number of aromatic nitrogens is 1. The average molecular weight is 458 g/mol. The number of nitrogens with zero attached hydrogens (tertiary/aromatic N) is 2. The van der Waals surface area contributed by atoms with E-state index in [4.69, 9.17) is 0 Å². The fourth-order valence-electron chi connectivity index (χ4n) is 3.27. The van der Waals surface area contributed by atoms with Crippen LogP contribution in [0.15, 0.2) is 46.0 Å². The third-order valence-electron chi connectivity index (χ3n) is 4.74. The molecular formula is C22H23N3O2S3. The number of carbonyl (C=O) groups is 2. The maximum Gasteiger partial charge on any atom is 0.258 e. The molecule has 0 saturated carbocycles. The lowest BCUT2D eigenvalue weighted by Crippen LogP contribution is -2.36. The molecule has 0 radical (unpaired) electrons. The molecule has 1 N–H and O–H groups in total. The van der Waals surface area contributed by atoms with Crippen molar-refractivity contribution in [2.24, 2.45) is 0 Å². The van der Waals surface area contributed by atoms with Gasteiger partial charge in [0, 0.05) is 33.4 Å². The second-order valence-corrected chi connectivity index (χ2v) is 10.9. The van der Waals surface area contributed by atoms with E-state index in [0.717, 1.165) is 22.6 Å². The van der Waals surface area contributed by atoms with E-state index in [-0.39, 0.29) is 11.8 Å². The van der Waals surface area contributed by atoms with Crippen molar-refractivity contribution in [3.8, 4) is 0 Å². The van der Waals surface area contributed by atoms with Crippen molar-refractivity contribution in [1.82, 2.24) is 9.88 Å². The third kappa shape index (κ3) is 5.11. The standard InChI is InChI=1S/C22H23N3O2S3/c1-14(2)29-17-5-3-15(4-6-17)11-20(26)25-9-7-18-19(12-25)30-22(23-18)24-21(27)16-8-10-28-13-16/h3-6,8,10,13-14H,7,9,11-12H2,1-2H3,(H,23,24,27). The number of thiophene rings is 1. The van der Waals surface area contributed by atoms with E-state index < -0.39 is 0 Å². The van der Waals surface area contributed by atoms with Crippen molar-refractivity contribution in [2.75, 3.05) is 11.9 Å². The molecule has 1 aliphatic rings. The van der Waals surface area contributed by atoms with Crippen molar-refractivity contribution in [3.05, 3.63) is 62.8 Å². The van der Waals surface area contributed by atoms with Crippen LogP contribution in [0, 0.1) is 0 Å². The lowest BCUT2D eigenvalue weighted by atomic mass is 10.1. The summed E-state index contributed by atoms with van der Waals surface area (Å²) in [6.07, 6.45) is 1.12. The molecule has 0 aliphatic carbocycles. The molecule has 156 valence electrons. The van der Waals surface area contributed by atoms with Crippen LogP contribution in [0.4, 0.5) is 5.13 Å². The van der Waals surface area contributed by atoms with Gasteiger partial charge in [-0.2, -0.15) is 11.3 Å². The zero-order valence-corrected chi connectivity index (χ0v) is 19.3. The van der Waals surface area contributed by atoms with Crippen molar-refractivity contribution < 1.29 is 9.59 Å². The zero-order chi connectivity index (χ0) is 21.1. The molecule has 0 atom stereocenters. The highest BCUT2D eigenvalue weighted by molar-refractivity contribution is 7.99. The first-order valence-corrected chi connectivity index (χ1v) is 12.5. The summed E-state index contributed by atoms with van der Waals surface area (Å²) >= 11 is 4.77. The van der Waals surface area contributed by atoms with Gasteiger partial charge < -0.3 is 4.90 Å². The number of thiazole rings is 1. The summed E-state index contributed by atoms with van der Waals surface area (Å²) in [7, 11) is 0. The van der Waals surface area contributed by atoms with E-state index in [0.29, 0.717) is 35.5 Å². The van der Waals surface area contributed by atoms with Crippen molar-refractivity contribution in [1.29, 1.82) is 0 Å². The van der Waals surface area contributed by atoms with Gasteiger partial charge in [0.2, 0.25) is 5.91 Å². The fraction of sp³-hybridized carbons (Fsp3) is 0.318. The summed E-state index contributed by atoms with van der Waals surface area (Å²) in [5, 5.41) is 7.71. The Bertz CT molecular complexity index is 1030. The SMILES string of the molecule is CC(C)Sc1ccc(CC(=O)N2CCc3nc(NC(=O)c4ccsc4)sc3C2)cc1. The van der Waals surface area contributed by atoms with Crippen molar-refractivity contribution in [2.45, 2.75) is 43.4 Å². The minimum atomic E-state index is -0.144. The number of rotatable bonds is 6. The number of hydrogen-bond donors (Lipinski definition) is 1. The van der Waals surface area contributed by atoms with E-state index in [9.17, 15) is 9.59 Å². The summed E-state index contributed by atoms with van der Waals surface area (Å²) in [4.78, 5) is 33.8. The molecule has 0 saturated heterocycles. The third-order valence-corrected chi connectivity index (χ3v) is 7.44. The van der Waals surface area contributed by atoms with Gasteiger partial charge in [-0.15, -0.1) is 11.8 Å². The Balaban J connectivity index is 1.36. The second-order valence-electron chi connectivity index (χ2n) is 7.41. The van der Waals surface area contributed by atoms with E-state index in [1.807, 2.05) is 39.6 Å². The van der Waals surface area contributed by atoms with Gasteiger partial charge in [-0.05, 0) is 29.1 Å². The molecule has 2 aromatic heterocycles. The first-order chi connectivity index (χ1) is 14.5. The highest BCUT2D eigenvalue weighted by atomic mass is 32.2. The second kappa shape index (κ2) is 9.32. The lowest BCUT2D eigenvalue weighted by Gasteiger charge is -2.26. The number of thioether (sulfide) groups is 1. The van der Waals surface area contributed by atoms with Gasteiger partial charge >= 0.3 is 0 Å². The van der Waals surface area contributed by atoms with E-state index >= 15 is 0 Å². The van der Waals surface area contributed by atoms with Crippen LogP contribution in [-0.4, -0.2) is 33.5 Å². The number of fused-ring (bicyclic) bond motifs is 1. The Hall–Kier alpha value is -2.16. The largest absolute Gasteiger partial charge is 0.337 e. The maximum absolute atomic E-state index is 12.8. The first kappa shape index (κ1) is 21.1. The van der Waals surface area contributed by atoms with E-state index in [2.05, 4.69) is 36.3 Å². The summed E-state index contributed by atoms with van der Waals surface area (Å²) in [6.45, 7) is 5.56. The Morgan fingerprint density at radius 2 is 2.03 bits per heavy atom. The number of benzene rings is 1. The van der Waals surface area contributed by atoms with Gasteiger partial charge in [0.15, 0.2) is 5.13 Å².